The number of hydrogen-bond donors (Lipinski definition) is 2. The average molecular weight is 602 g/mol. The van der Waals surface area contributed by atoms with Crippen molar-refractivity contribution in [2.75, 3.05) is 6.54 Å². The van der Waals surface area contributed by atoms with Gasteiger partial charge in [-0.1, -0.05) is 12.1 Å². The molecule has 43 heavy (non-hydrogen) atoms. The van der Waals surface area contributed by atoms with E-state index in [1.807, 2.05) is 0 Å². The van der Waals surface area contributed by atoms with Gasteiger partial charge in [0.1, 0.15) is 17.5 Å². The van der Waals surface area contributed by atoms with Gasteiger partial charge in [0.05, 0.1) is 17.3 Å². The second-order valence-corrected chi connectivity index (χ2v) is 10.1. The third-order valence-corrected chi connectivity index (χ3v) is 7.20. The number of alkyl halides is 3. The Morgan fingerprint density at radius 1 is 1.02 bits per heavy atom. The lowest BCUT2D eigenvalue weighted by Crippen LogP contribution is -2.50. The summed E-state index contributed by atoms with van der Waals surface area (Å²) in [5, 5.41) is 2.62. The minimum atomic E-state index is -4.88. The van der Waals surface area contributed by atoms with E-state index in [-0.39, 0.29) is 41.8 Å². The summed E-state index contributed by atoms with van der Waals surface area (Å²) in [6.45, 7) is -0.778. The van der Waals surface area contributed by atoms with Gasteiger partial charge >= 0.3 is 11.9 Å². The molecule has 1 aliphatic heterocycles. The molecule has 0 saturated heterocycles. The van der Waals surface area contributed by atoms with Crippen molar-refractivity contribution < 1.29 is 45.3 Å². The van der Waals surface area contributed by atoms with Crippen LogP contribution in [-0.2, 0) is 16.0 Å². The number of Topliss-reactive ketones (excluding diaryl/α,β-unsaturated/α-hetero) is 1. The Labute approximate surface area is 240 Å². The van der Waals surface area contributed by atoms with Crippen LogP contribution in [0.3, 0.4) is 0 Å². The fraction of sp³-hybridized carbons (Fsp3) is 0.233. The first kappa shape index (κ1) is 29.7. The minimum Gasteiger partial charge on any atom is -0.366 e. The molecule has 0 fully saturated rings. The molecule has 5 rings (SSSR count). The topological polar surface area (TPSA) is 105 Å². The highest BCUT2D eigenvalue weighted by Crippen LogP contribution is 2.38. The molecule has 3 aromatic rings. The molecule has 0 spiro atoms. The van der Waals surface area contributed by atoms with Crippen molar-refractivity contribution in [1.82, 2.24) is 10.3 Å². The van der Waals surface area contributed by atoms with Gasteiger partial charge in [-0.3, -0.25) is 19.4 Å². The van der Waals surface area contributed by atoms with Crippen LogP contribution in [0.15, 0.2) is 66.0 Å². The van der Waals surface area contributed by atoms with Gasteiger partial charge in [0.2, 0.25) is 6.54 Å². The van der Waals surface area contributed by atoms with E-state index in [9.17, 15) is 40.7 Å². The van der Waals surface area contributed by atoms with Gasteiger partial charge in [-0.05, 0) is 54.3 Å². The number of nitrogens with two attached hydrogens (primary N) is 1. The van der Waals surface area contributed by atoms with Crippen molar-refractivity contribution in [3.05, 3.63) is 100 Å². The summed E-state index contributed by atoms with van der Waals surface area (Å²) < 4.78 is 84.6. The lowest BCUT2D eigenvalue weighted by atomic mass is 9.85. The number of halogens is 6. The van der Waals surface area contributed by atoms with Crippen molar-refractivity contribution >= 4 is 23.3 Å². The van der Waals surface area contributed by atoms with Crippen LogP contribution in [0, 0.1) is 17.5 Å². The molecular weight excluding hydrogens is 578 g/mol. The zero-order chi connectivity index (χ0) is 31.1. The standard InChI is InChI=1S/C30H22F6N4O3/c31-17-9-15(10-18(32)13-17)11-22(27-19(3-2-8-38-27)16-6-7-21(33)20(12-16)29(37)43)39-25(42)14-40-23-4-1-5-24(41)26(23)28(40)30(34,35)36/h2-3,6-10,12-13,22H,1,4-5,11,14H2,(H2-,37,39,42,43)/p+1. The Morgan fingerprint density at radius 3 is 2.42 bits per heavy atom. The Kier molecular flexibility index (Phi) is 7.91. The molecule has 1 aromatic heterocycles. The molecule has 2 aromatic carbocycles. The van der Waals surface area contributed by atoms with Crippen molar-refractivity contribution in [3.8, 4) is 11.1 Å². The number of pyridine rings is 1. The third-order valence-electron chi connectivity index (χ3n) is 7.20. The minimum absolute atomic E-state index is 0.0198. The van der Waals surface area contributed by atoms with E-state index in [2.05, 4.69) is 10.3 Å². The molecule has 2 amide bonds. The van der Waals surface area contributed by atoms with E-state index in [4.69, 9.17) is 5.73 Å². The molecule has 1 aliphatic carbocycles. The van der Waals surface area contributed by atoms with Crippen LogP contribution in [-0.4, -0.2) is 45.6 Å². The van der Waals surface area contributed by atoms with Crippen LogP contribution >= 0.6 is 0 Å². The second-order valence-electron chi connectivity index (χ2n) is 10.1. The molecule has 0 radical (unpaired) electrons. The molecule has 0 bridgehead atoms. The summed E-state index contributed by atoms with van der Waals surface area (Å²) in [7, 11) is 0. The number of hydrogen-bond acceptors (Lipinski definition) is 4. The smallest absolute Gasteiger partial charge is 0.366 e. The number of amides is 2. The number of nitrogens with zero attached hydrogens (tertiary/aromatic N) is 2. The molecule has 1 atom stereocenters. The van der Waals surface area contributed by atoms with Gasteiger partial charge < -0.3 is 11.1 Å². The Balaban J connectivity index is 1.52. The number of nitrogens with one attached hydrogen (secondary N) is 1. The summed E-state index contributed by atoms with van der Waals surface area (Å²) >= 11 is 0. The summed E-state index contributed by atoms with van der Waals surface area (Å²) in [6, 6.07) is 8.16. The molecular formula is C30H23F6N4O3+. The van der Waals surface area contributed by atoms with Gasteiger partial charge in [-0.2, -0.15) is 17.7 Å². The van der Waals surface area contributed by atoms with E-state index >= 15 is 0 Å². The Bertz CT molecular complexity index is 1710. The van der Waals surface area contributed by atoms with Gasteiger partial charge in [0.15, 0.2) is 17.1 Å². The van der Waals surface area contributed by atoms with Crippen LogP contribution in [0.5, 0.6) is 0 Å². The number of primary amides is 1. The van der Waals surface area contributed by atoms with Gasteiger partial charge in [0, 0.05) is 30.7 Å². The first-order valence-corrected chi connectivity index (χ1v) is 13.1. The lowest BCUT2D eigenvalue weighted by molar-refractivity contribution is -0.490. The number of aromatic nitrogens is 1. The monoisotopic (exact) mass is 601 g/mol. The van der Waals surface area contributed by atoms with Crippen molar-refractivity contribution in [3.63, 3.8) is 0 Å². The fourth-order valence-corrected chi connectivity index (χ4v) is 5.44. The molecule has 13 heteroatoms. The number of carbonyl (C=O) groups is 3. The van der Waals surface area contributed by atoms with Crippen molar-refractivity contribution in [1.29, 1.82) is 0 Å². The predicted octanol–water partition coefficient (Wildman–Crippen LogP) is 4.70. The Morgan fingerprint density at radius 2 is 1.74 bits per heavy atom. The molecule has 0 saturated carbocycles. The third kappa shape index (κ3) is 6.06. The van der Waals surface area contributed by atoms with Crippen LogP contribution < -0.4 is 11.1 Å². The van der Waals surface area contributed by atoms with E-state index in [0.717, 1.165) is 22.8 Å². The summed E-state index contributed by atoms with van der Waals surface area (Å²) in [5.41, 5.74) is 4.19. The zero-order valence-electron chi connectivity index (χ0n) is 22.3. The summed E-state index contributed by atoms with van der Waals surface area (Å²) in [5.74, 6) is -5.21. The van der Waals surface area contributed by atoms with Crippen molar-refractivity contribution in [2.24, 2.45) is 5.73 Å². The van der Waals surface area contributed by atoms with E-state index < -0.39 is 70.7 Å². The van der Waals surface area contributed by atoms with E-state index in [0.29, 0.717) is 18.1 Å². The van der Waals surface area contributed by atoms with Crippen LogP contribution in [0.4, 0.5) is 26.3 Å². The maximum Gasteiger partial charge on any atom is 0.478 e. The van der Waals surface area contributed by atoms with Gasteiger partial charge in [-0.25, -0.2) is 13.2 Å². The van der Waals surface area contributed by atoms with Gasteiger partial charge in [0.25, 0.3) is 11.8 Å². The molecule has 2 heterocycles. The van der Waals surface area contributed by atoms with Crippen LogP contribution in [0.1, 0.15) is 46.9 Å². The first-order valence-electron chi connectivity index (χ1n) is 13.1. The quantitative estimate of drug-likeness (QED) is 0.289. The number of rotatable bonds is 8. The molecule has 7 nitrogen and oxygen atoms in total. The number of ketones is 1. The van der Waals surface area contributed by atoms with Gasteiger partial charge in [-0.15, -0.1) is 0 Å². The summed E-state index contributed by atoms with van der Waals surface area (Å²) in [6.07, 6.45) is -3.24. The molecule has 2 aliphatic rings. The fourth-order valence-electron chi connectivity index (χ4n) is 5.44. The number of carbonyl (C=O) groups excluding carboxylic acids is 3. The first-order chi connectivity index (χ1) is 20.3. The summed E-state index contributed by atoms with van der Waals surface area (Å²) in [4.78, 5) is 41.6. The molecule has 3 N–H and O–H groups in total. The number of allylic oxidation sites excluding steroid dienone is 2. The number of benzene rings is 2. The maximum absolute atomic E-state index is 14.2. The molecule has 1 unspecified atom stereocenters. The van der Waals surface area contributed by atoms with E-state index in [1.165, 1.54) is 24.4 Å². The normalized spacial score (nSPS) is 15.6. The van der Waals surface area contributed by atoms with Crippen molar-refractivity contribution in [2.45, 2.75) is 37.9 Å². The zero-order valence-corrected chi connectivity index (χ0v) is 22.3. The lowest BCUT2D eigenvalue weighted by Gasteiger charge is -2.27. The second kappa shape index (κ2) is 11.5. The largest absolute Gasteiger partial charge is 0.478 e. The van der Waals surface area contributed by atoms with Crippen LogP contribution in [0.25, 0.3) is 11.1 Å². The molecule has 222 valence electrons. The Hall–Kier alpha value is -4.81. The highest BCUT2D eigenvalue weighted by Gasteiger charge is 2.58. The highest BCUT2D eigenvalue weighted by molar-refractivity contribution is 6.25. The average Bonchev–Trinajstić information content (AvgIpc) is 2.91. The maximum atomic E-state index is 14.2. The SMILES string of the molecule is NC(=O)c1cc(-c2cccnc2C(Cc2cc(F)cc(F)c2)NC(=O)C[N+]2=C(C(F)(F)F)C3=C2CCCC3=O)ccc1F. The van der Waals surface area contributed by atoms with E-state index in [1.54, 1.807) is 6.07 Å². The van der Waals surface area contributed by atoms with Crippen LogP contribution in [0.2, 0.25) is 0 Å². The highest BCUT2D eigenvalue weighted by atomic mass is 19.4. The predicted molar refractivity (Wildman–Crippen MR) is 141 cm³/mol.